The molecule has 1 aliphatic heterocycles. The Balaban J connectivity index is 1.99. The van der Waals surface area contributed by atoms with Crippen molar-refractivity contribution in [3.05, 3.63) is 6.33 Å². The molecule has 1 unspecified atom stereocenters. The van der Waals surface area contributed by atoms with Gasteiger partial charge in [0.15, 0.2) is 5.60 Å². The predicted molar refractivity (Wildman–Crippen MR) is 50.0 cm³/mol. The first kappa shape index (κ1) is 12.7. The molecule has 1 atom stereocenters. The molecule has 1 amide bonds. The molecule has 1 fully saturated rings. The molecule has 18 heavy (non-hydrogen) atoms. The lowest BCUT2D eigenvalue weighted by molar-refractivity contribution is -0.253. The molecular weight excluding hydrogens is 255 g/mol. The molecule has 0 aromatic carbocycles. The highest BCUT2D eigenvalue weighted by Crippen LogP contribution is 2.37. The van der Waals surface area contributed by atoms with Crippen molar-refractivity contribution in [1.29, 1.82) is 0 Å². The number of carbonyl (C=O) groups is 1. The van der Waals surface area contributed by atoms with Crippen molar-refractivity contribution in [3.8, 4) is 0 Å². The molecule has 100 valence electrons. The Morgan fingerprint density at radius 3 is 2.72 bits per heavy atom. The van der Waals surface area contributed by atoms with Crippen LogP contribution < -0.4 is 0 Å². The second-order valence-corrected chi connectivity index (χ2v) is 4.10. The summed E-state index contributed by atoms with van der Waals surface area (Å²) in [5.41, 5.74) is -2.82. The van der Waals surface area contributed by atoms with Gasteiger partial charge in [-0.1, -0.05) is 0 Å². The zero-order chi connectivity index (χ0) is 13.4. The summed E-state index contributed by atoms with van der Waals surface area (Å²) in [6.45, 7) is -1.14. The van der Waals surface area contributed by atoms with Crippen LogP contribution in [0.15, 0.2) is 6.33 Å². The molecule has 1 aromatic heterocycles. The molecule has 0 saturated carbocycles. The summed E-state index contributed by atoms with van der Waals surface area (Å²) in [6, 6.07) is 0. The highest BCUT2D eigenvalue weighted by atomic mass is 19.4. The maximum atomic E-state index is 12.5. The van der Waals surface area contributed by atoms with Gasteiger partial charge in [-0.25, -0.2) is 4.68 Å². The third kappa shape index (κ3) is 2.28. The molecule has 0 aliphatic carbocycles. The van der Waals surface area contributed by atoms with Crippen LogP contribution in [-0.4, -0.2) is 61.0 Å². The van der Waals surface area contributed by atoms with Gasteiger partial charge in [0.05, 0.1) is 6.54 Å². The Bertz CT molecular complexity index is 434. The van der Waals surface area contributed by atoms with E-state index in [1.165, 1.54) is 6.33 Å². The van der Waals surface area contributed by atoms with E-state index in [1.54, 1.807) is 0 Å². The van der Waals surface area contributed by atoms with Gasteiger partial charge in [-0.3, -0.25) is 4.79 Å². The van der Waals surface area contributed by atoms with Gasteiger partial charge in [0.25, 0.3) is 0 Å². The summed E-state index contributed by atoms with van der Waals surface area (Å²) in [5.74, 6) is -0.567. The van der Waals surface area contributed by atoms with Crippen LogP contribution in [0.3, 0.4) is 0 Å². The van der Waals surface area contributed by atoms with Gasteiger partial charge in [-0.15, -0.1) is 5.10 Å². The number of aromatic nitrogens is 4. The highest BCUT2D eigenvalue weighted by molar-refractivity contribution is 5.76. The summed E-state index contributed by atoms with van der Waals surface area (Å²) in [7, 11) is 0. The number of hydrogen-bond acceptors (Lipinski definition) is 5. The highest BCUT2D eigenvalue weighted by Gasteiger charge is 2.57. The van der Waals surface area contributed by atoms with Gasteiger partial charge in [0.1, 0.15) is 12.9 Å². The summed E-state index contributed by atoms with van der Waals surface area (Å²) in [5, 5.41) is 19.4. The number of halogens is 3. The maximum Gasteiger partial charge on any atom is 0.419 e. The van der Waals surface area contributed by atoms with E-state index in [0.717, 1.165) is 9.58 Å². The number of likely N-dealkylation sites (tertiary alicyclic amines) is 1. The van der Waals surface area contributed by atoms with E-state index in [0.29, 0.717) is 0 Å². The van der Waals surface area contributed by atoms with E-state index in [9.17, 15) is 23.1 Å². The third-order valence-corrected chi connectivity index (χ3v) is 2.82. The number of alkyl halides is 3. The van der Waals surface area contributed by atoms with Gasteiger partial charge in [0.2, 0.25) is 5.91 Å². The van der Waals surface area contributed by atoms with Crippen molar-refractivity contribution in [2.45, 2.75) is 24.7 Å². The van der Waals surface area contributed by atoms with E-state index < -0.39 is 30.7 Å². The molecular formula is C8H10F3N5O2. The van der Waals surface area contributed by atoms with E-state index >= 15 is 0 Å². The van der Waals surface area contributed by atoms with E-state index in [-0.39, 0.29) is 13.1 Å². The fourth-order valence-electron chi connectivity index (χ4n) is 1.73. The molecule has 0 bridgehead atoms. The second kappa shape index (κ2) is 4.19. The van der Waals surface area contributed by atoms with Crippen LogP contribution in [0.4, 0.5) is 13.2 Å². The Labute approximate surface area is 99.2 Å². The van der Waals surface area contributed by atoms with Crippen molar-refractivity contribution in [2.24, 2.45) is 0 Å². The second-order valence-electron chi connectivity index (χ2n) is 4.10. The van der Waals surface area contributed by atoms with Crippen molar-refractivity contribution < 1.29 is 23.1 Å². The summed E-state index contributed by atoms with van der Waals surface area (Å²) in [6.07, 6.45) is -4.07. The normalized spacial score (nSPS) is 24.6. The standard InChI is InChI=1S/C8H10F3N5O2/c9-8(10,11)7(18)1-2-15(4-7)6(17)3-16-5-12-13-14-16/h5,18H,1-4H2. The Kier molecular flexibility index (Phi) is 2.97. The van der Waals surface area contributed by atoms with Crippen molar-refractivity contribution in [1.82, 2.24) is 25.1 Å². The van der Waals surface area contributed by atoms with E-state index in [4.69, 9.17) is 0 Å². The maximum absolute atomic E-state index is 12.5. The number of rotatable bonds is 2. The molecule has 1 saturated heterocycles. The van der Waals surface area contributed by atoms with Crippen molar-refractivity contribution in [3.63, 3.8) is 0 Å². The largest absolute Gasteiger partial charge is 0.419 e. The Hall–Kier alpha value is -1.71. The lowest BCUT2D eigenvalue weighted by Crippen LogP contribution is -2.48. The SMILES string of the molecule is O=C(Cn1cnnn1)N1CCC(O)(C(F)(F)F)C1. The zero-order valence-electron chi connectivity index (χ0n) is 9.13. The van der Waals surface area contributed by atoms with Gasteiger partial charge in [-0.05, 0) is 10.4 Å². The molecule has 1 aliphatic rings. The molecule has 0 spiro atoms. The van der Waals surface area contributed by atoms with E-state index in [2.05, 4.69) is 15.5 Å². The number of nitrogens with zero attached hydrogens (tertiary/aromatic N) is 5. The van der Waals surface area contributed by atoms with Crippen LogP contribution >= 0.6 is 0 Å². The van der Waals surface area contributed by atoms with Crippen LogP contribution in [-0.2, 0) is 11.3 Å². The number of hydrogen-bond donors (Lipinski definition) is 1. The molecule has 1 aromatic rings. The average molecular weight is 265 g/mol. The minimum absolute atomic E-state index is 0.142. The molecule has 10 heteroatoms. The van der Waals surface area contributed by atoms with Crippen LogP contribution in [0, 0.1) is 0 Å². The van der Waals surface area contributed by atoms with Crippen molar-refractivity contribution >= 4 is 5.91 Å². The first-order valence-electron chi connectivity index (χ1n) is 5.09. The Morgan fingerprint density at radius 2 is 2.22 bits per heavy atom. The monoisotopic (exact) mass is 265 g/mol. The predicted octanol–water partition coefficient (Wildman–Crippen LogP) is -0.801. The molecule has 2 heterocycles. The molecule has 2 rings (SSSR count). The van der Waals surface area contributed by atoms with Crippen LogP contribution in [0.1, 0.15) is 6.42 Å². The minimum Gasteiger partial charge on any atom is -0.379 e. The van der Waals surface area contributed by atoms with E-state index in [1.807, 2.05) is 0 Å². The first-order chi connectivity index (χ1) is 8.32. The molecule has 1 N–H and O–H groups in total. The topological polar surface area (TPSA) is 84.1 Å². The zero-order valence-corrected chi connectivity index (χ0v) is 9.13. The van der Waals surface area contributed by atoms with Crippen LogP contribution in [0.25, 0.3) is 0 Å². The molecule has 0 radical (unpaired) electrons. The number of aliphatic hydroxyl groups is 1. The van der Waals surface area contributed by atoms with Gasteiger partial charge < -0.3 is 10.0 Å². The smallest absolute Gasteiger partial charge is 0.379 e. The lowest BCUT2D eigenvalue weighted by Gasteiger charge is -2.25. The number of carbonyl (C=O) groups excluding carboxylic acids is 1. The van der Waals surface area contributed by atoms with Gasteiger partial charge >= 0.3 is 6.18 Å². The van der Waals surface area contributed by atoms with Crippen LogP contribution in [0.2, 0.25) is 0 Å². The minimum atomic E-state index is -4.74. The Morgan fingerprint density at radius 1 is 1.50 bits per heavy atom. The number of tetrazole rings is 1. The molecule has 7 nitrogen and oxygen atoms in total. The first-order valence-corrected chi connectivity index (χ1v) is 5.09. The van der Waals surface area contributed by atoms with Gasteiger partial charge in [0, 0.05) is 13.0 Å². The third-order valence-electron chi connectivity index (χ3n) is 2.82. The fourth-order valence-corrected chi connectivity index (χ4v) is 1.73. The number of β-amino-alcohol motifs (C(OH)–C–C–N with tert-alkyl or cyclic N) is 1. The van der Waals surface area contributed by atoms with Gasteiger partial charge in [-0.2, -0.15) is 13.2 Å². The summed E-state index contributed by atoms with van der Waals surface area (Å²) in [4.78, 5) is 12.6. The van der Waals surface area contributed by atoms with Crippen LogP contribution in [0.5, 0.6) is 0 Å². The quantitative estimate of drug-likeness (QED) is 0.756. The lowest BCUT2D eigenvalue weighted by atomic mass is 10.0. The fraction of sp³-hybridized carbons (Fsp3) is 0.750. The summed E-state index contributed by atoms with van der Waals surface area (Å²) < 4.78 is 38.7. The summed E-state index contributed by atoms with van der Waals surface area (Å²) >= 11 is 0. The van der Waals surface area contributed by atoms with Crippen molar-refractivity contribution in [2.75, 3.05) is 13.1 Å². The number of amides is 1. The average Bonchev–Trinajstić information content (AvgIpc) is 2.86.